The first-order valence-electron chi connectivity index (χ1n) is 17.5. The van der Waals surface area contributed by atoms with E-state index in [-0.39, 0.29) is 0 Å². The zero-order valence-electron chi connectivity index (χ0n) is 28.0. The van der Waals surface area contributed by atoms with Gasteiger partial charge in [0.1, 0.15) is 22.6 Å². The van der Waals surface area contributed by atoms with Crippen LogP contribution in [0.5, 0.6) is 0 Å². The molecule has 0 radical (unpaired) electrons. The lowest BCUT2D eigenvalue weighted by atomic mass is 10.0. The molecule has 246 valence electrons. The Bertz CT molecular complexity index is 3380. The summed E-state index contributed by atoms with van der Waals surface area (Å²) in [6.07, 6.45) is 3.67. The molecule has 7 aromatic heterocycles. The normalized spacial score (nSPS) is 12.2. The molecule has 0 aliphatic heterocycles. The lowest BCUT2D eigenvalue weighted by molar-refractivity contribution is 0.997. The van der Waals surface area contributed by atoms with Crippen molar-refractivity contribution in [3.8, 4) is 23.0 Å². The molecule has 0 amide bonds. The fraction of sp³-hybridized carbons (Fsp3) is 0. The van der Waals surface area contributed by atoms with Crippen LogP contribution in [0, 0.1) is 0 Å². The van der Waals surface area contributed by atoms with E-state index in [1.807, 2.05) is 35.9 Å². The number of para-hydroxylation sites is 2. The van der Waals surface area contributed by atoms with Crippen molar-refractivity contribution in [2.24, 2.45) is 0 Å². The predicted molar refractivity (Wildman–Crippen MR) is 217 cm³/mol. The summed E-state index contributed by atoms with van der Waals surface area (Å²) in [6, 6.07) is 48.7. The van der Waals surface area contributed by atoms with E-state index in [1.165, 1.54) is 20.2 Å². The van der Waals surface area contributed by atoms with Gasteiger partial charge in [-0.1, -0.05) is 66.7 Å². The van der Waals surface area contributed by atoms with Crippen LogP contribution in [0.3, 0.4) is 0 Å². The van der Waals surface area contributed by atoms with Gasteiger partial charge >= 0.3 is 0 Å². The summed E-state index contributed by atoms with van der Waals surface area (Å²) < 4.78 is 6.76. The third-order valence-electron chi connectivity index (χ3n) is 10.4. The predicted octanol–water partition coefficient (Wildman–Crippen LogP) is 11.2. The summed E-state index contributed by atoms with van der Waals surface area (Å²) in [5, 5.41) is 8.76. The Morgan fingerprint density at radius 1 is 0.434 bits per heavy atom. The van der Waals surface area contributed by atoms with Gasteiger partial charge in [-0.15, -0.1) is 11.3 Å². The van der Waals surface area contributed by atoms with Crippen molar-refractivity contribution < 1.29 is 0 Å². The van der Waals surface area contributed by atoms with E-state index in [1.54, 1.807) is 0 Å². The molecular formula is C45H25N7S. The Morgan fingerprint density at radius 3 is 1.87 bits per heavy atom. The number of hydrogen-bond donors (Lipinski definition) is 0. The summed E-state index contributed by atoms with van der Waals surface area (Å²) in [5.74, 6) is 1.33. The van der Waals surface area contributed by atoms with Crippen molar-refractivity contribution in [2.75, 3.05) is 0 Å². The Labute approximate surface area is 305 Å². The molecule has 0 fully saturated rings. The largest absolute Gasteiger partial charge is 0.278 e. The smallest absolute Gasteiger partial charge is 0.237 e. The van der Waals surface area contributed by atoms with E-state index in [4.69, 9.17) is 24.9 Å². The Balaban J connectivity index is 1.20. The molecule has 5 aromatic carbocycles. The van der Waals surface area contributed by atoms with E-state index in [0.29, 0.717) is 5.95 Å². The monoisotopic (exact) mass is 695 g/mol. The van der Waals surface area contributed by atoms with Gasteiger partial charge in [0.05, 0.1) is 22.2 Å². The average Bonchev–Trinajstić information content (AvgIpc) is 3.88. The fourth-order valence-electron chi connectivity index (χ4n) is 8.10. The van der Waals surface area contributed by atoms with Gasteiger partial charge in [0.15, 0.2) is 0 Å². The molecule has 7 nitrogen and oxygen atoms in total. The van der Waals surface area contributed by atoms with Gasteiger partial charge in [0.25, 0.3) is 0 Å². The zero-order chi connectivity index (χ0) is 34.6. The maximum Gasteiger partial charge on any atom is 0.237 e. The van der Waals surface area contributed by atoms with Crippen LogP contribution >= 0.6 is 11.3 Å². The van der Waals surface area contributed by atoms with Gasteiger partial charge < -0.3 is 0 Å². The lowest BCUT2D eigenvalue weighted by Crippen LogP contribution is -2.05. The molecule has 0 spiro atoms. The van der Waals surface area contributed by atoms with Gasteiger partial charge in [-0.2, -0.15) is 0 Å². The standard InChI is InChI=1S/C45H25N7S/c1-4-14-35-28(9-1)31-12-7-23-46-43(31)51(35)39-22-19-26-17-20-33-40(27-18-21-38-34(25-27)30-11-3-6-16-37(30)53-38)49-45(50-42(33)41(26)48-39)52-36-15-5-2-10-29(36)32-13-8-24-47-44(32)52/h1-25H. The number of thiophene rings is 1. The third kappa shape index (κ3) is 4.06. The highest BCUT2D eigenvalue weighted by atomic mass is 32.1. The van der Waals surface area contributed by atoms with Crippen molar-refractivity contribution in [1.82, 2.24) is 34.1 Å². The third-order valence-corrected chi connectivity index (χ3v) is 11.6. The van der Waals surface area contributed by atoms with Crippen molar-refractivity contribution in [3.05, 3.63) is 152 Å². The quantitative estimate of drug-likeness (QED) is 0.172. The second-order valence-electron chi connectivity index (χ2n) is 13.3. The van der Waals surface area contributed by atoms with E-state index < -0.39 is 0 Å². The van der Waals surface area contributed by atoms with Gasteiger partial charge in [-0.05, 0) is 72.8 Å². The SMILES string of the molecule is c1ccc2c(c1)sc1ccc(-c3nc(-n4c5ccccc5c5cccnc54)nc4c3ccc3ccc(-n5c6ccccc6c6cccnc65)nc34)cc12. The Hall–Kier alpha value is -7.03. The molecule has 12 aromatic rings. The number of benzene rings is 5. The second-order valence-corrected chi connectivity index (χ2v) is 14.4. The minimum Gasteiger partial charge on any atom is -0.278 e. The van der Waals surface area contributed by atoms with Crippen molar-refractivity contribution in [3.63, 3.8) is 0 Å². The van der Waals surface area contributed by atoms with Crippen LogP contribution < -0.4 is 0 Å². The molecular weight excluding hydrogens is 671 g/mol. The van der Waals surface area contributed by atoms with E-state index in [0.717, 1.165) is 82.8 Å². The zero-order valence-corrected chi connectivity index (χ0v) is 28.8. The topological polar surface area (TPSA) is 74.3 Å². The summed E-state index contributed by atoms with van der Waals surface area (Å²) in [4.78, 5) is 25.9. The van der Waals surface area contributed by atoms with E-state index in [9.17, 15) is 0 Å². The summed E-state index contributed by atoms with van der Waals surface area (Å²) in [5.41, 5.74) is 7.15. The number of aromatic nitrogens is 7. The molecule has 0 N–H and O–H groups in total. The highest BCUT2D eigenvalue weighted by Crippen LogP contribution is 2.40. The van der Waals surface area contributed by atoms with Crippen molar-refractivity contribution in [2.45, 2.75) is 0 Å². The Morgan fingerprint density at radius 2 is 1.08 bits per heavy atom. The highest BCUT2D eigenvalue weighted by molar-refractivity contribution is 7.25. The van der Waals surface area contributed by atoms with Crippen LogP contribution in [0.4, 0.5) is 0 Å². The van der Waals surface area contributed by atoms with Gasteiger partial charge in [-0.25, -0.2) is 24.9 Å². The van der Waals surface area contributed by atoms with E-state index in [2.05, 4.69) is 137 Å². The van der Waals surface area contributed by atoms with Crippen LogP contribution in [0.15, 0.2) is 152 Å². The van der Waals surface area contributed by atoms with E-state index >= 15 is 0 Å². The summed E-state index contributed by atoms with van der Waals surface area (Å²) in [7, 11) is 0. The van der Waals surface area contributed by atoms with Gasteiger partial charge in [-0.3, -0.25) is 9.13 Å². The molecule has 0 saturated heterocycles. The Kier molecular flexibility index (Phi) is 5.80. The number of nitrogens with zero attached hydrogens (tertiary/aromatic N) is 7. The van der Waals surface area contributed by atoms with Crippen LogP contribution in [-0.4, -0.2) is 34.1 Å². The molecule has 8 heteroatoms. The highest BCUT2D eigenvalue weighted by Gasteiger charge is 2.21. The molecule has 0 atom stereocenters. The van der Waals surface area contributed by atoms with Gasteiger partial charge in [0.2, 0.25) is 5.95 Å². The number of pyridine rings is 3. The molecule has 0 bridgehead atoms. The fourth-order valence-corrected chi connectivity index (χ4v) is 9.18. The molecule has 0 aliphatic rings. The summed E-state index contributed by atoms with van der Waals surface area (Å²) in [6.45, 7) is 0. The van der Waals surface area contributed by atoms with Crippen molar-refractivity contribution >= 4 is 97.2 Å². The summed E-state index contributed by atoms with van der Waals surface area (Å²) >= 11 is 1.81. The van der Waals surface area contributed by atoms with Crippen LogP contribution in [0.1, 0.15) is 0 Å². The minimum absolute atomic E-state index is 0.547. The molecule has 0 unspecified atom stereocenters. The first-order valence-corrected chi connectivity index (χ1v) is 18.3. The second kappa shape index (κ2) is 10.7. The number of hydrogen-bond acceptors (Lipinski definition) is 6. The van der Waals surface area contributed by atoms with Crippen LogP contribution in [0.25, 0.3) is 109 Å². The first-order chi connectivity index (χ1) is 26.3. The minimum atomic E-state index is 0.547. The molecule has 53 heavy (non-hydrogen) atoms. The maximum absolute atomic E-state index is 5.42. The average molecular weight is 696 g/mol. The van der Waals surface area contributed by atoms with Gasteiger partial charge in [0, 0.05) is 70.4 Å². The first kappa shape index (κ1) is 28.6. The van der Waals surface area contributed by atoms with Crippen LogP contribution in [-0.2, 0) is 0 Å². The maximum atomic E-state index is 5.42. The van der Waals surface area contributed by atoms with Crippen LogP contribution in [0.2, 0.25) is 0 Å². The van der Waals surface area contributed by atoms with Crippen molar-refractivity contribution in [1.29, 1.82) is 0 Å². The molecule has 7 heterocycles. The lowest BCUT2D eigenvalue weighted by Gasteiger charge is -2.14. The molecule has 12 rings (SSSR count). The molecule has 0 saturated carbocycles. The number of fused-ring (bicyclic) bond motifs is 12. The molecule has 0 aliphatic carbocycles. The number of rotatable bonds is 3.